The summed E-state index contributed by atoms with van der Waals surface area (Å²) >= 11 is 0. The first-order valence-corrected chi connectivity index (χ1v) is 10.7. The molecule has 27 heavy (non-hydrogen) atoms. The minimum absolute atomic E-state index is 0.113. The normalized spacial score (nSPS) is 31.3. The van der Waals surface area contributed by atoms with Crippen LogP contribution in [0.15, 0.2) is 0 Å². The van der Waals surface area contributed by atoms with E-state index >= 15 is 0 Å². The summed E-state index contributed by atoms with van der Waals surface area (Å²) in [5.41, 5.74) is -1.15. The van der Waals surface area contributed by atoms with Gasteiger partial charge in [0, 0.05) is 0 Å². The number of rotatable bonds is 6. The van der Waals surface area contributed by atoms with Gasteiger partial charge in [-0.3, -0.25) is 9.59 Å². The Labute approximate surface area is 165 Å². The Hall–Kier alpha value is -1.06. The molecule has 0 spiro atoms. The summed E-state index contributed by atoms with van der Waals surface area (Å²) < 4.78 is 10.9. The largest absolute Gasteiger partial charge is 0.462 e. The van der Waals surface area contributed by atoms with Crippen molar-refractivity contribution < 1.29 is 19.1 Å². The van der Waals surface area contributed by atoms with Gasteiger partial charge in [0.2, 0.25) is 0 Å². The fourth-order valence-corrected chi connectivity index (χ4v) is 4.82. The summed E-state index contributed by atoms with van der Waals surface area (Å²) in [5, 5.41) is 0. The highest BCUT2D eigenvalue weighted by atomic mass is 16.6. The molecule has 2 fully saturated rings. The molecule has 156 valence electrons. The number of esters is 2. The number of ether oxygens (including phenoxy) is 2. The van der Waals surface area contributed by atoms with Crippen molar-refractivity contribution in [1.29, 1.82) is 0 Å². The van der Waals surface area contributed by atoms with Gasteiger partial charge in [-0.2, -0.15) is 0 Å². The molecule has 0 aliphatic heterocycles. The number of hydrogen-bond acceptors (Lipinski definition) is 4. The predicted molar refractivity (Wildman–Crippen MR) is 107 cm³/mol. The first-order valence-electron chi connectivity index (χ1n) is 10.7. The maximum atomic E-state index is 12.7. The molecule has 4 nitrogen and oxygen atoms in total. The van der Waals surface area contributed by atoms with Gasteiger partial charge in [0.05, 0.1) is 10.8 Å². The van der Waals surface area contributed by atoms with Gasteiger partial charge in [-0.05, 0) is 76.0 Å². The van der Waals surface area contributed by atoms with Crippen LogP contribution in [0.2, 0.25) is 0 Å². The number of carbonyl (C=O) groups excluding carboxylic acids is 2. The monoisotopic (exact) mass is 380 g/mol. The first-order chi connectivity index (χ1) is 12.4. The number of carbonyl (C=O) groups is 2. The fourth-order valence-electron chi connectivity index (χ4n) is 4.82. The molecule has 2 saturated carbocycles. The van der Waals surface area contributed by atoms with E-state index in [9.17, 15) is 9.59 Å². The molecule has 0 heterocycles. The lowest BCUT2D eigenvalue weighted by Crippen LogP contribution is -2.42. The highest BCUT2D eigenvalue weighted by Gasteiger charge is 2.46. The van der Waals surface area contributed by atoms with Crippen molar-refractivity contribution in [3.8, 4) is 0 Å². The maximum absolute atomic E-state index is 12.7. The fraction of sp³-hybridized carbons (Fsp3) is 0.913. The quantitative estimate of drug-likeness (QED) is 0.458. The maximum Gasteiger partial charge on any atom is 0.312 e. The van der Waals surface area contributed by atoms with Crippen LogP contribution in [0.4, 0.5) is 0 Å². The zero-order valence-corrected chi connectivity index (χ0v) is 18.5. The van der Waals surface area contributed by atoms with E-state index in [1.165, 1.54) is 25.7 Å². The summed E-state index contributed by atoms with van der Waals surface area (Å²) in [6.45, 7) is 14.5. The lowest BCUT2D eigenvalue weighted by atomic mass is 9.59. The molecule has 0 radical (unpaired) electrons. The van der Waals surface area contributed by atoms with Crippen molar-refractivity contribution in [3.63, 3.8) is 0 Å². The molecule has 2 atom stereocenters. The lowest BCUT2D eigenvalue weighted by Gasteiger charge is -2.46. The third-order valence-corrected chi connectivity index (χ3v) is 7.48. The van der Waals surface area contributed by atoms with Crippen molar-refractivity contribution in [2.24, 2.45) is 34.0 Å². The van der Waals surface area contributed by atoms with E-state index in [1.54, 1.807) is 0 Å². The Bertz CT molecular complexity index is 529. The van der Waals surface area contributed by atoms with E-state index in [4.69, 9.17) is 9.47 Å². The van der Waals surface area contributed by atoms with Crippen LogP contribution < -0.4 is 0 Å². The summed E-state index contributed by atoms with van der Waals surface area (Å²) in [6.07, 6.45) is 6.93. The molecule has 2 rings (SSSR count). The molecule has 0 N–H and O–H groups in total. The van der Waals surface area contributed by atoms with Gasteiger partial charge in [0.25, 0.3) is 0 Å². The number of fused-ring (bicyclic) bond motifs is 2. The topological polar surface area (TPSA) is 52.6 Å². The molecule has 2 aliphatic carbocycles. The van der Waals surface area contributed by atoms with Crippen molar-refractivity contribution >= 4 is 11.9 Å². The lowest BCUT2D eigenvalue weighted by molar-refractivity contribution is -0.169. The summed E-state index contributed by atoms with van der Waals surface area (Å²) in [7, 11) is 0. The molecule has 2 bridgehead atoms. The molecule has 0 aromatic carbocycles. The standard InChI is InChI=1S/C23H40O4/c1-8-16-11-17-13-18(12-16)15-23(7,14-17)20(25)27-10-9-26-19(24)22(5,6)21(2,3)4/h16-18H,8-15H2,1-7H3. The van der Waals surface area contributed by atoms with Crippen molar-refractivity contribution in [1.82, 2.24) is 0 Å². The first kappa shape index (κ1) is 22.2. The molecule has 2 aliphatic rings. The van der Waals surface area contributed by atoms with Crippen LogP contribution in [0, 0.1) is 34.0 Å². The molecule has 2 unspecified atom stereocenters. The van der Waals surface area contributed by atoms with E-state index in [2.05, 4.69) is 13.8 Å². The van der Waals surface area contributed by atoms with E-state index in [-0.39, 0.29) is 36.0 Å². The van der Waals surface area contributed by atoms with Gasteiger partial charge in [0.15, 0.2) is 0 Å². The zero-order valence-electron chi connectivity index (χ0n) is 18.5. The zero-order chi connectivity index (χ0) is 20.5. The number of hydrogen-bond donors (Lipinski definition) is 0. The van der Waals surface area contributed by atoms with Gasteiger partial charge in [-0.25, -0.2) is 0 Å². The van der Waals surface area contributed by atoms with Crippen molar-refractivity contribution in [2.75, 3.05) is 13.2 Å². The Morgan fingerprint density at radius 2 is 1.44 bits per heavy atom. The van der Waals surface area contributed by atoms with Gasteiger partial charge in [-0.15, -0.1) is 0 Å². The van der Waals surface area contributed by atoms with Crippen LogP contribution in [0.5, 0.6) is 0 Å². The van der Waals surface area contributed by atoms with Crippen LogP contribution in [0.1, 0.15) is 87.0 Å². The van der Waals surface area contributed by atoms with E-state index < -0.39 is 5.41 Å². The van der Waals surface area contributed by atoms with E-state index in [1.807, 2.05) is 34.6 Å². The molecular formula is C23H40O4. The highest BCUT2D eigenvalue weighted by Crippen LogP contribution is 2.51. The van der Waals surface area contributed by atoms with Gasteiger partial charge < -0.3 is 9.47 Å². The van der Waals surface area contributed by atoms with Gasteiger partial charge >= 0.3 is 11.9 Å². The minimum Gasteiger partial charge on any atom is -0.462 e. The predicted octanol–water partition coefficient (Wildman–Crippen LogP) is 5.39. The van der Waals surface area contributed by atoms with Crippen LogP contribution in [-0.4, -0.2) is 25.2 Å². The van der Waals surface area contributed by atoms with Gasteiger partial charge in [0.1, 0.15) is 13.2 Å². The summed E-state index contributed by atoms with van der Waals surface area (Å²) in [5.74, 6) is 1.80. The van der Waals surface area contributed by atoms with Crippen molar-refractivity contribution in [2.45, 2.75) is 87.0 Å². The van der Waals surface area contributed by atoms with Crippen LogP contribution in [0.25, 0.3) is 0 Å². The second kappa shape index (κ2) is 8.13. The Balaban J connectivity index is 1.80. The molecular weight excluding hydrogens is 340 g/mol. The second-order valence-electron chi connectivity index (χ2n) is 10.8. The van der Waals surface area contributed by atoms with Crippen LogP contribution >= 0.6 is 0 Å². The summed E-state index contributed by atoms with van der Waals surface area (Å²) in [6, 6.07) is 0. The van der Waals surface area contributed by atoms with Gasteiger partial charge in [-0.1, -0.05) is 34.1 Å². The van der Waals surface area contributed by atoms with E-state index in [0.29, 0.717) is 11.8 Å². The molecule has 0 amide bonds. The van der Waals surface area contributed by atoms with Crippen LogP contribution in [0.3, 0.4) is 0 Å². The molecule has 0 saturated heterocycles. The minimum atomic E-state index is -0.584. The van der Waals surface area contributed by atoms with Crippen LogP contribution in [-0.2, 0) is 19.1 Å². The van der Waals surface area contributed by atoms with E-state index in [0.717, 1.165) is 18.8 Å². The SMILES string of the molecule is CCC1CC2CC(C1)CC(C)(C(=O)OCCOC(=O)C(C)(C)C(C)(C)C)C2. The Morgan fingerprint density at radius 1 is 0.926 bits per heavy atom. The third-order valence-electron chi connectivity index (χ3n) is 7.48. The molecule has 4 heteroatoms. The molecule has 0 aromatic rings. The van der Waals surface area contributed by atoms with Crippen molar-refractivity contribution in [3.05, 3.63) is 0 Å². The average molecular weight is 381 g/mol. The molecule has 0 aromatic heterocycles. The second-order valence-corrected chi connectivity index (χ2v) is 10.8. The smallest absolute Gasteiger partial charge is 0.312 e. The Kier molecular flexibility index (Phi) is 6.69. The summed E-state index contributed by atoms with van der Waals surface area (Å²) in [4.78, 5) is 25.1. The average Bonchev–Trinajstić information content (AvgIpc) is 2.55. The Morgan fingerprint density at radius 3 is 1.93 bits per heavy atom. The highest BCUT2D eigenvalue weighted by molar-refractivity contribution is 5.77. The third kappa shape index (κ3) is 5.06.